The Labute approximate surface area is 107 Å². The van der Waals surface area contributed by atoms with Gasteiger partial charge in [-0.1, -0.05) is 34.6 Å². The summed E-state index contributed by atoms with van der Waals surface area (Å²) in [6, 6.07) is 1.45. The molecule has 1 saturated heterocycles. The molecule has 100 valence electrons. The highest BCUT2D eigenvalue weighted by atomic mass is 15.2. The molecule has 1 aliphatic heterocycles. The van der Waals surface area contributed by atoms with Crippen molar-refractivity contribution in [3.05, 3.63) is 0 Å². The summed E-state index contributed by atoms with van der Waals surface area (Å²) in [5.41, 5.74) is 0.977. The minimum atomic E-state index is 0.489. The van der Waals surface area contributed by atoms with Crippen LogP contribution in [0.3, 0.4) is 0 Å². The Balaban J connectivity index is 2.05. The maximum atomic E-state index is 3.63. The van der Waals surface area contributed by atoms with Crippen molar-refractivity contribution >= 4 is 0 Å². The van der Waals surface area contributed by atoms with E-state index in [9.17, 15) is 0 Å². The molecule has 2 fully saturated rings. The number of nitrogens with one attached hydrogen (secondary N) is 1. The fourth-order valence-corrected chi connectivity index (χ4v) is 3.73. The van der Waals surface area contributed by atoms with Gasteiger partial charge in [0.2, 0.25) is 0 Å². The molecule has 0 amide bonds. The monoisotopic (exact) mass is 238 g/mol. The summed E-state index contributed by atoms with van der Waals surface area (Å²) in [7, 11) is 0. The number of nitrogens with zero attached hydrogens (tertiary/aromatic N) is 1. The lowest BCUT2D eigenvalue weighted by molar-refractivity contribution is 0.168. The number of hydrogen-bond donors (Lipinski definition) is 1. The van der Waals surface area contributed by atoms with Gasteiger partial charge < -0.3 is 5.32 Å². The van der Waals surface area contributed by atoms with Gasteiger partial charge in [-0.3, -0.25) is 4.90 Å². The van der Waals surface area contributed by atoms with E-state index in [1.807, 2.05) is 0 Å². The van der Waals surface area contributed by atoms with Gasteiger partial charge in [-0.2, -0.15) is 0 Å². The van der Waals surface area contributed by atoms with E-state index >= 15 is 0 Å². The predicted octanol–water partition coefficient (Wildman–Crippen LogP) is 2.74. The quantitative estimate of drug-likeness (QED) is 0.755. The Morgan fingerprint density at radius 3 is 2.18 bits per heavy atom. The first-order valence-electron chi connectivity index (χ1n) is 7.24. The van der Waals surface area contributed by atoms with E-state index in [1.165, 1.54) is 26.1 Å². The van der Waals surface area contributed by atoms with Crippen molar-refractivity contribution in [2.75, 3.05) is 19.6 Å². The first-order valence-corrected chi connectivity index (χ1v) is 7.24. The summed E-state index contributed by atoms with van der Waals surface area (Å²) in [5, 5.41) is 3.63. The average Bonchev–Trinajstić information content (AvgIpc) is 2.60. The SMILES string of the molecule is CC1CNC(C)CCN(C2C(C)(C)C2(C)C)C1. The van der Waals surface area contributed by atoms with Crippen LogP contribution in [0.5, 0.6) is 0 Å². The molecule has 2 aliphatic rings. The van der Waals surface area contributed by atoms with Crippen molar-refractivity contribution in [2.45, 2.75) is 60.0 Å². The van der Waals surface area contributed by atoms with Gasteiger partial charge in [0.15, 0.2) is 0 Å². The topological polar surface area (TPSA) is 15.3 Å². The van der Waals surface area contributed by atoms with Gasteiger partial charge in [-0.05, 0) is 43.2 Å². The van der Waals surface area contributed by atoms with Crippen LogP contribution in [0.1, 0.15) is 48.0 Å². The Morgan fingerprint density at radius 1 is 1.06 bits per heavy atom. The molecule has 0 aromatic carbocycles. The Morgan fingerprint density at radius 2 is 1.65 bits per heavy atom. The molecule has 0 aromatic rings. The molecule has 0 bridgehead atoms. The van der Waals surface area contributed by atoms with Gasteiger partial charge in [0.25, 0.3) is 0 Å². The molecule has 2 unspecified atom stereocenters. The smallest absolute Gasteiger partial charge is 0.0209 e. The summed E-state index contributed by atoms with van der Waals surface area (Å²) >= 11 is 0. The third-order valence-electron chi connectivity index (χ3n) is 5.52. The summed E-state index contributed by atoms with van der Waals surface area (Å²) in [4.78, 5) is 2.77. The van der Waals surface area contributed by atoms with Crippen molar-refractivity contribution in [2.24, 2.45) is 16.7 Å². The van der Waals surface area contributed by atoms with E-state index in [-0.39, 0.29) is 0 Å². The molecule has 0 aromatic heterocycles. The van der Waals surface area contributed by atoms with Crippen LogP contribution in [0.4, 0.5) is 0 Å². The maximum Gasteiger partial charge on any atom is 0.0209 e. The molecule has 17 heavy (non-hydrogen) atoms. The Bertz CT molecular complexity index is 269. The fraction of sp³-hybridized carbons (Fsp3) is 1.00. The van der Waals surface area contributed by atoms with Crippen molar-refractivity contribution in [1.29, 1.82) is 0 Å². The zero-order valence-electron chi connectivity index (χ0n) is 12.5. The zero-order chi connectivity index (χ0) is 12.8. The highest BCUT2D eigenvalue weighted by Crippen LogP contribution is 2.65. The highest BCUT2D eigenvalue weighted by molar-refractivity contribution is 5.18. The van der Waals surface area contributed by atoms with Crippen molar-refractivity contribution in [1.82, 2.24) is 10.2 Å². The molecule has 2 heteroatoms. The highest BCUT2D eigenvalue weighted by Gasteiger charge is 2.66. The van der Waals surface area contributed by atoms with Crippen LogP contribution in [0.2, 0.25) is 0 Å². The third-order valence-corrected chi connectivity index (χ3v) is 5.52. The molecule has 1 heterocycles. The van der Waals surface area contributed by atoms with Crippen LogP contribution in [0, 0.1) is 16.7 Å². The van der Waals surface area contributed by atoms with Gasteiger partial charge in [0.05, 0.1) is 0 Å². The summed E-state index contributed by atoms with van der Waals surface area (Å²) in [6.07, 6.45) is 1.29. The average molecular weight is 238 g/mol. The van der Waals surface area contributed by atoms with Gasteiger partial charge in [-0.15, -0.1) is 0 Å². The molecule has 0 spiro atoms. The van der Waals surface area contributed by atoms with Crippen LogP contribution >= 0.6 is 0 Å². The molecule has 1 aliphatic carbocycles. The molecule has 2 atom stereocenters. The second-order valence-electron chi connectivity index (χ2n) is 7.54. The van der Waals surface area contributed by atoms with Crippen molar-refractivity contribution < 1.29 is 0 Å². The normalized spacial score (nSPS) is 38.5. The van der Waals surface area contributed by atoms with Crippen molar-refractivity contribution in [3.63, 3.8) is 0 Å². The lowest BCUT2D eigenvalue weighted by Crippen LogP contribution is -2.44. The van der Waals surface area contributed by atoms with E-state index in [1.54, 1.807) is 0 Å². The van der Waals surface area contributed by atoms with Gasteiger partial charge in [0, 0.05) is 18.6 Å². The van der Waals surface area contributed by atoms with Gasteiger partial charge in [-0.25, -0.2) is 0 Å². The molecular formula is C15H30N2. The van der Waals surface area contributed by atoms with Crippen LogP contribution < -0.4 is 5.32 Å². The molecule has 0 radical (unpaired) electrons. The first-order chi connectivity index (χ1) is 7.76. The Hall–Kier alpha value is -0.0800. The minimum absolute atomic E-state index is 0.489. The zero-order valence-corrected chi connectivity index (χ0v) is 12.5. The lowest BCUT2D eigenvalue weighted by atomic mass is 10.0. The molecule has 2 nitrogen and oxygen atoms in total. The van der Waals surface area contributed by atoms with Crippen LogP contribution in [-0.4, -0.2) is 36.6 Å². The van der Waals surface area contributed by atoms with E-state index in [4.69, 9.17) is 0 Å². The summed E-state index contributed by atoms with van der Waals surface area (Å²) in [5.74, 6) is 0.768. The van der Waals surface area contributed by atoms with E-state index in [2.05, 4.69) is 51.8 Å². The third kappa shape index (κ3) is 2.26. The Kier molecular flexibility index (Phi) is 3.33. The standard InChI is InChI=1S/C15H30N2/c1-11-9-16-12(2)7-8-17(10-11)13-14(3,4)15(13,5)6/h11-13,16H,7-10H2,1-6H3. The number of rotatable bonds is 1. The van der Waals surface area contributed by atoms with Crippen LogP contribution in [-0.2, 0) is 0 Å². The second kappa shape index (κ2) is 4.24. The van der Waals surface area contributed by atoms with Gasteiger partial charge in [0.1, 0.15) is 0 Å². The molecule has 2 rings (SSSR count). The van der Waals surface area contributed by atoms with Crippen LogP contribution in [0.15, 0.2) is 0 Å². The second-order valence-corrected chi connectivity index (χ2v) is 7.54. The molecular weight excluding hydrogens is 208 g/mol. The van der Waals surface area contributed by atoms with Crippen LogP contribution in [0.25, 0.3) is 0 Å². The fourth-order valence-electron chi connectivity index (χ4n) is 3.73. The first kappa shape index (κ1) is 13.4. The predicted molar refractivity (Wildman–Crippen MR) is 74.2 cm³/mol. The van der Waals surface area contributed by atoms with Crippen molar-refractivity contribution in [3.8, 4) is 0 Å². The molecule has 1 N–H and O–H groups in total. The maximum absolute atomic E-state index is 3.63. The summed E-state index contributed by atoms with van der Waals surface area (Å²) in [6.45, 7) is 18.1. The van der Waals surface area contributed by atoms with E-state index < -0.39 is 0 Å². The largest absolute Gasteiger partial charge is 0.314 e. The molecule has 1 saturated carbocycles. The van der Waals surface area contributed by atoms with Gasteiger partial charge >= 0.3 is 0 Å². The van der Waals surface area contributed by atoms with E-state index in [0.717, 1.165) is 12.0 Å². The minimum Gasteiger partial charge on any atom is -0.314 e. The lowest BCUT2D eigenvalue weighted by Gasteiger charge is -2.32. The summed E-state index contributed by atoms with van der Waals surface area (Å²) < 4.78 is 0. The van der Waals surface area contributed by atoms with E-state index in [0.29, 0.717) is 16.9 Å². The number of hydrogen-bond acceptors (Lipinski definition) is 2.